The second kappa shape index (κ2) is 11.1. The van der Waals surface area contributed by atoms with Crippen LogP contribution in [0.4, 0.5) is 0 Å². The lowest BCUT2D eigenvalue weighted by atomic mass is 10.1. The zero-order chi connectivity index (χ0) is 17.8. The van der Waals surface area contributed by atoms with Gasteiger partial charge in [-0.1, -0.05) is 44.9 Å². The van der Waals surface area contributed by atoms with Gasteiger partial charge in [0.25, 0.3) is 0 Å². The van der Waals surface area contributed by atoms with Gasteiger partial charge in [-0.2, -0.15) is 0 Å². The first-order chi connectivity index (χ1) is 11.4. The van der Waals surface area contributed by atoms with Crippen LogP contribution in [-0.2, 0) is 23.8 Å². The maximum Gasteiger partial charge on any atom is 0.337 e. The van der Waals surface area contributed by atoms with Crippen LogP contribution < -0.4 is 0 Å². The fourth-order valence-electron chi connectivity index (χ4n) is 2.74. The van der Waals surface area contributed by atoms with E-state index in [1.807, 2.05) is 0 Å². The highest BCUT2D eigenvalue weighted by molar-refractivity contribution is 5.83. The van der Waals surface area contributed by atoms with Crippen LogP contribution in [0.3, 0.4) is 0 Å². The lowest BCUT2D eigenvalue weighted by Crippen LogP contribution is -2.33. The van der Waals surface area contributed by atoms with Crippen molar-refractivity contribution in [2.45, 2.75) is 90.8 Å². The topological polar surface area (TPSA) is 61.8 Å². The van der Waals surface area contributed by atoms with Gasteiger partial charge in [-0.25, -0.2) is 4.79 Å². The van der Waals surface area contributed by atoms with Gasteiger partial charge in [-0.15, -0.1) is 0 Å². The third-order valence-electron chi connectivity index (χ3n) is 3.86. The molecule has 0 amide bonds. The van der Waals surface area contributed by atoms with Crippen LogP contribution in [0.5, 0.6) is 0 Å². The molecule has 0 unspecified atom stereocenters. The standard InChI is InChI=1S/C12H22O2.C7H10O3/c13-12-10-8-6-4-2-1-3-5-7-9-11-14-12;1-5-4-6(8)10-7(2,3)9-5/h1-11H2;4H,1-3H3. The molecular formula is C19H32O5. The molecule has 5 nitrogen and oxygen atoms in total. The van der Waals surface area contributed by atoms with Crippen LogP contribution in [0.25, 0.3) is 0 Å². The minimum absolute atomic E-state index is 0.00393. The summed E-state index contributed by atoms with van der Waals surface area (Å²) in [5.41, 5.74) is 0. The predicted octanol–water partition coefficient (Wildman–Crippen LogP) is 4.64. The molecule has 0 N–H and O–H groups in total. The number of rotatable bonds is 0. The van der Waals surface area contributed by atoms with Gasteiger partial charge < -0.3 is 14.2 Å². The molecule has 0 radical (unpaired) electrons. The van der Waals surface area contributed by atoms with E-state index in [2.05, 4.69) is 0 Å². The summed E-state index contributed by atoms with van der Waals surface area (Å²) in [6.45, 7) is 5.75. The summed E-state index contributed by atoms with van der Waals surface area (Å²) in [4.78, 5) is 21.9. The Kier molecular flexibility index (Phi) is 9.50. The highest BCUT2D eigenvalue weighted by Crippen LogP contribution is 2.20. The van der Waals surface area contributed by atoms with Crippen molar-refractivity contribution in [3.8, 4) is 0 Å². The maximum absolute atomic E-state index is 11.2. The highest BCUT2D eigenvalue weighted by atomic mass is 16.7. The quantitative estimate of drug-likeness (QED) is 0.601. The first-order valence-corrected chi connectivity index (χ1v) is 9.15. The van der Waals surface area contributed by atoms with Gasteiger partial charge in [0.15, 0.2) is 0 Å². The maximum atomic E-state index is 11.2. The average molecular weight is 340 g/mol. The number of hydrogen-bond acceptors (Lipinski definition) is 5. The molecule has 1 fully saturated rings. The van der Waals surface area contributed by atoms with Gasteiger partial charge in [0.2, 0.25) is 5.79 Å². The fourth-order valence-corrected chi connectivity index (χ4v) is 2.74. The average Bonchev–Trinajstić information content (AvgIpc) is 2.48. The van der Waals surface area contributed by atoms with Crippen molar-refractivity contribution in [1.82, 2.24) is 0 Å². The van der Waals surface area contributed by atoms with Crippen molar-refractivity contribution >= 4 is 11.9 Å². The molecule has 2 heterocycles. The molecule has 0 aromatic carbocycles. The molecule has 0 atom stereocenters. The van der Waals surface area contributed by atoms with Gasteiger partial charge >= 0.3 is 11.9 Å². The Morgan fingerprint density at radius 2 is 1.38 bits per heavy atom. The van der Waals surface area contributed by atoms with Crippen molar-refractivity contribution in [1.29, 1.82) is 0 Å². The summed E-state index contributed by atoms with van der Waals surface area (Å²) >= 11 is 0. The summed E-state index contributed by atoms with van der Waals surface area (Å²) in [6, 6.07) is 0. The minimum atomic E-state index is -0.796. The summed E-state index contributed by atoms with van der Waals surface area (Å²) in [7, 11) is 0. The number of cyclic esters (lactones) is 2. The van der Waals surface area contributed by atoms with Crippen molar-refractivity contribution in [3.63, 3.8) is 0 Å². The molecule has 0 saturated carbocycles. The molecule has 0 aromatic heterocycles. The van der Waals surface area contributed by atoms with E-state index >= 15 is 0 Å². The van der Waals surface area contributed by atoms with Crippen LogP contribution in [0.2, 0.25) is 0 Å². The Morgan fingerprint density at radius 3 is 1.92 bits per heavy atom. The lowest BCUT2D eigenvalue weighted by Gasteiger charge is -2.29. The number of allylic oxidation sites excluding steroid dienone is 1. The zero-order valence-corrected chi connectivity index (χ0v) is 15.4. The fraction of sp³-hybridized carbons (Fsp3) is 0.789. The van der Waals surface area contributed by atoms with Crippen molar-refractivity contribution in [2.24, 2.45) is 0 Å². The summed E-state index contributed by atoms with van der Waals surface area (Å²) < 4.78 is 15.1. The van der Waals surface area contributed by atoms with E-state index in [4.69, 9.17) is 14.2 Å². The molecule has 2 aliphatic rings. The van der Waals surface area contributed by atoms with Gasteiger partial charge in [0, 0.05) is 20.3 Å². The molecule has 0 aromatic rings. The predicted molar refractivity (Wildman–Crippen MR) is 92.1 cm³/mol. The molecular weight excluding hydrogens is 308 g/mol. The number of ether oxygens (including phenoxy) is 3. The monoisotopic (exact) mass is 340 g/mol. The van der Waals surface area contributed by atoms with Crippen LogP contribution in [-0.4, -0.2) is 24.3 Å². The van der Waals surface area contributed by atoms with Crippen LogP contribution in [0, 0.1) is 0 Å². The first kappa shape index (κ1) is 20.5. The number of hydrogen-bond donors (Lipinski definition) is 0. The largest absolute Gasteiger partial charge is 0.466 e. The smallest absolute Gasteiger partial charge is 0.337 e. The molecule has 0 aliphatic carbocycles. The second-order valence-electron chi connectivity index (χ2n) is 6.83. The third-order valence-corrected chi connectivity index (χ3v) is 3.86. The van der Waals surface area contributed by atoms with E-state index in [9.17, 15) is 9.59 Å². The molecule has 2 rings (SSSR count). The molecule has 0 spiro atoms. The Morgan fingerprint density at radius 1 is 0.833 bits per heavy atom. The zero-order valence-electron chi connectivity index (χ0n) is 15.4. The Hall–Kier alpha value is -1.52. The van der Waals surface area contributed by atoms with Gasteiger partial charge in [-0.05, 0) is 19.8 Å². The Bertz CT molecular complexity index is 409. The number of esters is 2. The van der Waals surface area contributed by atoms with Crippen LogP contribution >= 0.6 is 0 Å². The van der Waals surface area contributed by atoms with Crippen molar-refractivity contribution < 1.29 is 23.8 Å². The third kappa shape index (κ3) is 10.3. The van der Waals surface area contributed by atoms with Gasteiger partial charge in [0.1, 0.15) is 5.76 Å². The second-order valence-corrected chi connectivity index (χ2v) is 6.83. The van der Waals surface area contributed by atoms with E-state index in [1.165, 1.54) is 51.0 Å². The summed E-state index contributed by atoms with van der Waals surface area (Å²) in [5.74, 6) is -0.533. The lowest BCUT2D eigenvalue weighted by molar-refractivity contribution is -0.204. The molecule has 0 bridgehead atoms. The van der Waals surface area contributed by atoms with E-state index in [0.717, 1.165) is 12.8 Å². The summed E-state index contributed by atoms with van der Waals surface area (Å²) in [5, 5.41) is 0. The summed E-state index contributed by atoms with van der Waals surface area (Å²) in [6.07, 6.45) is 13.1. The highest BCUT2D eigenvalue weighted by Gasteiger charge is 2.27. The van der Waals surface area contributed by atoms with Crippen LogP contribution in [0.1, 0.15) is 85.0 Å². The SMILES string of the molecule is CC1=CC(=O)OC(C)(C)O1.O=C1CCCCCCCCCCCO1. The molecule has 138 valence electrons. The Balaban J connectivity index is 0.000000254. The molecule has 1 saturated heterocycles. The Labute approximate surface area is 145 Å². The number of carbonyl (C=O) groups is 2. The minimum Gasteiger partial charge on any atom is -0.466 e. The van der Waals surface area contributed by atoms with E-state index < -0.39 is 5.79 Å². The van der Waals surface area contributed by atoms with Gasteiger partial charge in [-0.3, -0.25) is 4.79 Å². The van der Waals surface area contributed by atoms with E-state index in [1.54, 1.807) is 20.8 Å². The van der Waals surface area contributed by atoms with E-state index in [0.29, 0.717) is 18.8 Å². The first-order valence-electron chi connectivity index (χ1n) is 9.15. The molecule has 2 aliphatic heterocycles. The van der Waals surface area contributed by atoms with E-state index in [-0.39, 0.29) is 11.9 Å². The normalized spacial score (nSPS) is 22.7. The number of carbonyl (C=O) groups excluding carboxylic acids is 2. The van der Waals surface area contributed by atoms with Crippen LogP contribution in [0.15, 0.2) is 11.8 Å². The molecule has 24 heavy (non-hydrogen) atoms. The van der Waals surface area contributed by atoms with Gasteiger partial charge in [0.05, 0.1) is 12.7 Å². The molecule has 5 heteroatoms. The van der Waals surface area contributed by atoms with Crippen molar-refractivity contribution in [3.05, 3.63) is 11.8 Å². The van der Waals surface area contributed by atoms with Crippen molar-refractivity contribution in [2.75, 3.05) is 6.61 Å².